The summed E-state index contributed by atoms with van der Waals surface area (Å²) in [6, 6.07) is 14.9. The molecule has 0 bridgehead atoms. The molecule has 10 heteroatoms. The van der Waals surface area contributed by atoms with Gasteiger partial charge in [0.2, 0.25) is 15.2 Å². The minimum atomic E-state index is -3.37. The van der Waals surface area contributed by atoms with Gasteiger partial charge >= 0.3 is 0 Å². The summed E-state index contributed by atoms with van der Waals surface area (Å²) in [6.45, 7) is 1.76. The van der Waals surface area contributed by atoms with Crippen molar-refractivity contribution in [1.82, 2.24) is 10.2 Å². The lowest BCUT2D eigenvalue weighted by Crippen LogP contribution is -2.25. The van der Waals surface area contributed by atoms with E-state index in [1.807, 2.05) is 30.3 Å². The molecule has 1 aromatic heterocycles. The van der Waals surface area contributed by atoms with Crippen molar-refractivity contribution >= 4 is 49.8 Å². The van der Waals surface area contributed by atoms with Gasteiger partial charge in [-0.2, -0.15) is 0 Å². The van der Waals surface area contributed by atoms with Gasteiger partial charge in [-0.25, -0.2) is 8.42 Å². The Bertz CT molecular complexity index is 1110. The molecule has 7 nitrogen and oxygen atoms in total. The average molecular weight is 449 g/mol. The molecule has 3 aromatic rings. The van der Waals surface area contributed by atoms with E-state index in [1.165, 1.54) is 28.3 Å². The largest absolute Gasteiger partial charge is 0.296 e. The van der Waals surface area contributed by atoms with Gasteiger partial charge in [0.05, 0.1) is 11.9 Å². The van der Waals surface area contributed by atoms with E-state index >= 15 is 0 Å². The summed E-state index contributed by atoms with van der Waals surface area (Å²) in [5.41, 5.74) is 2.82. The number of aryl methyl sites for hydroxylation is 1. The molecule has 1 amide bonds. The number of rotatable bonds is 7. The van der Waals surface area contributed by atoms with Gasteiger partial charge < -0.3 is 0 Å². The summed E-state index contributed by atoms with van der Waals surface area (Å²) in [5.74, 6) is 0.454. The van der Waals surface area contributed by atoms with Crippen molar-refractivity contribution in [1.29, 1.82) is 0 Å². The molecule has 2 aromatic carbocycles. The fourth-order valence-corrected chi connectivity index (χ4v) is 4.80. The quantitative estimate of drug-likeness (QED) is 0.437. The van der Waals surface area contributed by atoms with E-state index in [-0.39, 0.29) is 5.91 Å². The highest BCUT2D eigenvalue weighted by molar-refractivity contribution is 8.00. The van der Waals surface area contributed by atoms with E-state index in [2.05, 4.69) is 15.5 Å². The Balaban J connectivity index is 1.65. The first kappa shape index (κ1) is 21.3. The summed E-state index contributed by atoms with van der Waals surface area (Å²) in [5, 5.41) is 11.3. The lowest BCUT2D eigenvalue weighted by molar-refractivity contribution is 0.102. The number of anilines is 2. The number of aromatic nitrogens is 2. The highest BCUT2D eigenvalue weighted by Gasteiger charge is 2.17. The van der Waals surface area contributed by atoms with E-state index < -0.39 is 10.0 Å². The minimum absolute atomic E-state index is 0.322. The van der Waals surface area contributed by atoms with E-state index in [0.717, 1.165) is 16.3 Å². The number of carbonyl (C=O) groups is 1. The summed E-state index contributed by atoms with van der Waals surface area (Å²) in [6.07, 6.45) is 1.13. The number of amides is 1. The normalized spacial score (nSPS) is 11.3. The van der Waals surface area contributed by atoms with Crippen LogP contribution >= 0.6 is 23.1 Å². The Kier molecular flexibility index (Phi) is 6.56. The number of hydrogen-bond acceptors (Lipinski definition) is 7. The molecular weight excluding hydrogens is 428 g/mol. The lowest BCUT2D eigenvalue weighted by atomic mass is 10.1. The van der Waals surface area contributed by atoms with Gasteiger partial charge in [0.25, 0.3) is 5.91 Å². The van der Waals surface area contributed by atoms with Gasteiger partial charge in [-0.15, -0.1) is 10.2 Å². The van der Waals surface area contributed by atoms with E-state index in [0.29, 0.717) is 21.9 Å². The maximum absolute atomic E-state index is 12.5. The molecule has 1 N–H and O–H groups in total. The number of sulfonamides is 1. The predicted octanol–water partition coefficient (Wildman–Crippen LogP) is 3.79. The van der Waals surface area contributed by atoms with Gasteiger partial charge in [-0.05, 0) is 36.2 Å². The standard InChI is InChI=1S/C19H20N4O3S3/c1-13-11-15(9-10-16(13)23(2)29(3,25)26)17(24)20-18-21-22-19(28-18)27-12-14-7-5-4-6-8-14/h4-11H,12H2,1-3H3,(H,20,21,24). The average Bonchev–Trinajstić information content (AvgIpc) is 3.13. The molecule has 0 spiro atoms. The topological polar surface area (TPSA) is 92.3 Å². The number of nitrogens with zero attached hydrogens (tertiary/aromatic N) is 3. The summed E-state index contributed by atoms with van der Waals surface area (Å²) >= 11 is 2.87. The van der Waals surface area contributed by atoms with Crippen molar-refractivity contribution in [2.24, 2.45) is 0 Å². The zero-order chi connectivity index (χ0) is 21.0. The highest BCUT2D eigenvalue weighted by Crippen LogP contribution is 2.29. The molecular formula is C19H20N4O3S3. The van der Waals surface area contributed by atoms with Gasteiger partial charge in [-0.3, -0.25) is 14.4 Å². The molecule has 0 saturated carbocycles. The zero-order valence-electron chi connectivity index (χ0n) is 16.1. The van der Waals surface area contributed by atoms with Crippen LogP contribution in [-0.4, -0.2) is 37.8 Å². The van der Waals surface area contributed by atoms with Crippen LogP contribution in [0.5, 0.6) is 0 Å². The molecule has 0 aliphatic rings. The molecule has 0 aliphatic carbocycles. The van der Waals surface area contributed by atoms with Crippen molar-refractivity contribution in [3.05, 3.63) is 65.2 Å². The molecule has 29 heavy (non-hydrogen) atoms. The second kappa shape index (κ2) is 8.93. The first-order chi connectivity index (χ1) is 13.7. The summed E-state index contributed by atoms with van der Waals surface area (Å²) in [4.78, 5) is 12.5. The van der Waals surface area contributed by atoms with Crippen LogP contribution in [0.1, 0.15) is 21.5 Å². The Labute approximate surface area is 178 Å². The summed E-state index contributed by atoms with van der Waals surface area (Å²) < 4.78 is 25.4. The Morgan fingerprint density at radius 2 is 1.90 bits per heavy atom. The zero-order valence-corrected chi connectivity index (χ0v) is 18.6. The number of carbonyl (C=O) groups excluding carboxylic acids is 1. The maximum atomic E-state index is 12.5. The second-order valence-electron chi connectivity index (χ2n) is 6.33. The number of benzene rings is 2. The lowest BCUT2D eigenvalue weighted by Gasteiger charge is -2.19. The first-order valence-electron chi connectivity index (χ1n) is 8.60. The Morgan fingerprint density at radius 1 is 1.17 bits per heavy atom. The molecule has 1 heterocycles. The van der Waals surface area contributed by atoms with Gasteiger partial charge in [0.1, 0.15) is 0 Å². The number of nitrogens with one attached hydrogen (secondary N) is 1. The fraction of sp³-hybridized carbons (Fsp3) is 0.211. The Morgan fingerprint density at radius 3 is 2.55 bits per heavy atom. The van der Waals surface area contributed by atoms with E-state index in [4.69, 9.17) is 0 Å². The third-order valence-corrected chi connectivity index (χ3v) is 7.36. The van der Waals surface area contributed by atoms with Crippen LogP contribution < -0.4 is 9.62 Å². The first-order valence-corrected chi connectivity index (χ1v) is 12.3. The third kappa shape index (κ3) is 5.55. The smallest absolute Gasteiger partial charge is 0.257 e. The van der Waals surface area contributed by atoms with Crippen molar-refractivity contribution in [3.8, 4) is 0 Å². The van der Waals surface area contributed by atoms with Crippen LogP contribution in [0, 0.1) is 6.92 Å². The molecule has 3 rings (SSSR count). The second-order valence-corrected chi connectivity index (χ2v) is 10.5. The summed E-state index contributed by atoms with van der Waals surface area (Å²) in [7, 11) is -1.89. The van der Waals surface area contributed by atoms with Crippen LogP contribution in [-0.2, 0) is 15.8 Å². The minimum Gasteiger partial charge on any atom is -0.296 e. The van der Waals surface area contributed by atoms with E-state index in [9.17, 15) is 13.2 Å². The van der Waals surface area contributed by atoms with Crippen molar-refractivity contribution < 1.29 is 13.2 Å². The van der Waals surface area contributed by atoms with Gasteiger partial charge in [-0.1, -0.05) is 53.4 Å². The number of hydrogen-bond donors (Lipinski definition) is 1. The SMILES string of the molecule is Cc1cc(C(=O)Nc2nnc(SCc3ccccc3)s2)ccc1N(C)S(C)(=O)=O. The molecule has 0 saturated heterocycles. The fourth-order valence-electron chi connectivity index (χ4n) is 2.54. The predicted molar refractivity (Wildman–Crippen MR) is 118 cm³/mol. The molecule has 0 atom stereocenters. The molecule has 0 fully saturated rings. The van der Waals surface area contributed by atoms with Crippen molar-refractivity contribution in [3.63, 3.8) is 0 Å². The van der Waals surface area contributed by atoms with Crippen LogP contribution in [0.3, 0.4) is 0 Å². The molecule has 0 aliphatic heterocycles. The van der Waals surface area contributed by atoms with Crippen LogP contribution in [0.4, 0.5) is 10.8 Å². The number of thioether (sulfide) groups is 1. The van der Waals surface area contributed by atoms with Gasteiger partial charge in [0, 0.05) is 18.4 Å². The molecule has 152 valence electrons. The van der Waals surface area contributed by atoms with Crippen molar-refractivity contribution in [2.45, 2.75) is 17.0 Å². The van der Waals surface area contributed by atoms with Crippen molar-refractivity contribution in [2.75, 3.05) is 22.9 Å². The highest BCUT2D eigenvalue weighted by atomic mass is 32.2. The van der Waals surface area contributed by atoms with Gasteiger partial charge in [0.15, 0.2) is 4.34 Å². The van der Waals surface area contributed by atoms with Crippen LogP contribution in [0.15, 0.2) is 52.9 Å². The van der Waals surface area contributed by atoms with Crippen LogP contribution in [0.25, 0.3) is 0 Å². The molecule has 0 radical (unpaired) electrons. The van der Waals surface area contributed by atoms with Crippen LogP contribution in [0.2, 0.25) is 0 Å². The third-order valence-electron chi connectivity index (χ3n) is 4.13. The monoisotopic (exact) mass is 448 g/mol. The Hall–Kier alpha value is -2.43. The van der Waals surface area contributed by atoms with E-state index in [1.54, 1.807) is 36.9 Å². The molecule has 0 unspecified atom stereocenters. The maximum Gasteiger partial charge on any atom is 0.257 e.